The van der Waals surface area contributed by atoms with Crippen molar-refractivity contribution in [2.24, 2.45) is 11.8 Å². The van der Waals surface area contributed by atoms with Crippen LogP contribution in [-0.4, -0.2) is 24.0 Å². The molecule has 1 N–H and O–H groups in total. The first-order valence-electron chi connectivity index (χ1n) is 7.80. The molecule has 0 bridgehead atoms. The zero-order valence-electron chi connectivity index (χ0n) is 13.2. The molecule has 0 saturated heterocycles. The SMILES string of the molecule is COc1ccc([C@@H]2CC(CCC(=O)CC#N)C[C@H]2C(=O)O)cc1. The third kappa shape index (κ3) is 4.32. The van der Waals surface area contributed by atoms with Gasteiger partial charge in [-0.15, -0.1) is 0 Å². The van der Waals surface area contributed by atoms with E-state index in [0.717, 1.165) is 17.7 Å². The fourth-order valence-electron chi connectivity index (χ4n) is 3.41. The van der Waals surface area contributed by atoms with Crippen molar-refractivity contribution in [1.29, 1.82) is 5.26 Å². The number of nitrogens with zero attached hydrogens (tertiary/aromatic N) is 1. The van der Waals surface area contributed by atoms with Gasteiger partial charge in [0, 0.05) is 6.42 Å². The normalized spacial score (nSPS) is 23.2. The molecule has 0 spiro atoms. The lowest BCUT2D eigenvalue weighted by atomic mass is 9.89. The van der Waals surface area contributed by atoms with Crippen LogP contribution < -0.4 is 4.74 Å². The van der Waals surface area contributed by atoms with Gasteiger partial charge in [-0.25, -0.2) is 0 Å². The highest BCUT2D eigenvalue weighted by Gasteiger charge is 2.39. The summed E-state index contributed by atoms with van der Waals surface area (Å²) in [5, 5.41) is 18.0. The second kappa shape index (κ2) is 7.77. The number of ketones is 1. The maximum atomic E-state index is 11.6. The average molecular weight is 315 g/mol. The van der Waals surface area contributed by atoms with Crippen molar-refractivity contribution >= 4 is 11.8 Å². The summed E-state index contributed by atoms with van der Waals surface area (Å²) in [6.07, 6.45) is 2.32. The van der Waals surface area contributed by atoms with Gasteiger partial charge in [0.05, 0.1) is 25.5 Å². The van der Waals surface area contributed by atoms with Crippen LogP contribution in [-0.2, 0) is 9.59 Å². The summed E-state index contributed by atoms with van der Waals surface area (Å²) in [7, 11) is 1.60. The van der Waals surface area contributed by atoms with Gasteiger partial charge >= 0.3 is 5.97 Å². The van der Waals surface area contributed by atoms with E-state index in [4.69, 9.17) is 10.00 Å². The number of methoxy groups -OCH3 is 1. The first kappa shape index (κ1) is 17.0. The van der Waals surface area contributed by atoms with E-state index >= 15 is 0 Å². The van der Waals surface area contributed by atoms with E-state index in [1.807, 2.05) is 30.3 Å². The summed E-state index contributed by atoms with van der Waals surface area (Å²) in [5.74, 6) is -0.332. The molecular formula is C18H21NO4. The molecule has 0 heterocycles. The Bertz CT molecular complexity index is 602. The Morgan fingerprint density at radius 2 is 2.00 bits per heavy atom. The monoisotopic (exact) mass is 315 g/mol. The zero-order chi connectivity index (χ0) is 16.8. The molecule has 0 aliphatic heterocycles. The largest absolute Gasteiger partial charge is 0.497 e. The lowest BCUT2D eigenvalue weighted by Crippen LogP contribution is -2.16. The zero-order valence-corrected chi connectivity index (χ0v) is 13.2. The predicted molar refractivity (Wildman–Crippen MR) is 84.1 cm³/mol. The standard InChI is InChI=1S/C18H21NO4/c1-23-15-6-3-13(4-7-15)16-10-12(11-17(16)18(21)22)2-5-14(20)8-9-19/h3-4,6-7,12,16-17H,2,5,8,10-11H2,1H3,(H,21,22)/t12?,16-,17+/m0/s1. The Kier molecular flexibility index (Phi) is 5.75. The van der Waals surface area contributed by atoms with E-state index in [9.17, 15) is 14.7 Å². The number of carbonyl (C=O) groups excluding carboxylic acids is 1. The number of ether oxygens (including phenoxy) is 1. The van der Waals surface area contributed by atoms with Gasteiger partial charge in [0.25, 0.3) is 0 Å². The van der Waals surface area contributed by atoms with E-state index in [1.54, 1.807) is 7.11 Å². The smallest absolute Gasteiger partial charge is 0.307 e. The number of aliphatic carboxylic acids is 1. The maximum absolute atomic E-state index is 11.6. The van der Waals surface area contributed by atoms with Crippen LogP contribution in [0.4, 0.5) is 0 Å². The minimum absolute atomic E-state index is 0.0329. The maximum Gasteiger partial charge on any atom is 0.307 e. The van der Waals surface area contributed by atoms with Gasteiger partial charge in [-0.1, -0.05) is 12.1 Å². The minimum Gasteiger partial charge on any atom is -0.497 e. The van der Waals surface area contributed by atoms with Crippen LogP contribution >= 0.6 is 0 Å². The first-order chi connectivity index (χ1) is 11.0. The molecular weight excluding hydrogens is 294 g/mol. The summed E-state index contributed by atoms with van der Waals surface area (Å²) in [6.45, 7) is 0. The minimum atomic E-state index is -0.781. The number of rotatable bonds is 7. The Morgan fingerprint density at radius 1 is 1.30 bits per heavy atom. The topological polar surface area (TPSA) is 87.4 Å². The second-order valence-corrected chi connectivity index (χ2v) is 6.07. The van der Waals surface area contributed by atoms with Crippen molar-refractivity contribution in [3.05, 3.63) is 29.8 Å². The molecule has 1 saturated carbocycles. The molecule has 1 aliphatic rings. The Balaban J connectivity index is 2.04. The van der Waals surface area contributed by atoms with Gasteiger partial charge < -0.3 is 9.84 Å². The van der Waals surface area contributed by atoms with Crippen LogP contribution in [0.1, 0.15) is 43.6 Å². The predicted octanol–water partition coefficient (Wildman–Crippen LogP) is 3.15. The third-order valence-corrected chi connectivity index (χ3v) is 4.63. The van der Waals surface area contributed by atoms with Crippen LogP contribution in [0, 0.1) is 23.2 Å². The first-order valence-corrected chi connectivity index (χ1v) is 7.80. The van der Waals surface area contributed by atoms with Crippen molar-refractivity contribution < 1.29 is 19.4 Å². The fourth-order valence-corrected chi connectivity index (χ4v) is 3.41. The van der Waals surface area contributed by atoms with Gasteiger partial charge in [-0.05, 0) is 48.8 Å². The van der Waals surface area contributed by atoms with Gasteiger partial charge in [-0.2, -0.15) is 5.26 Å². The van der Waals surface area contributed by atoms with E-state index in [0.29, 0.717) is 19.3 Å². The molecule has 0 aromatic heterocycles. The summed E-state index contributed by atoms with van der Waals surface area (Å²) in [4.78, 5) is 23.0. The Labute approximate surface area is 135 Å². The molecule has 5 nitrogen and oxygen atoms in total. The fraction of sp³-hybridized carbons (Fsp3) is 0.500. The summed E-state index contributed by atoms with van der Waals surface area (Å²) >= 11 is 0. The highest BCUT2D eigenvalue weighted by Crippen LogP contribution is 2.45. The number of hydrogen-bond acceptors (Lipinski definition) is 4. The molecule has 3 atom stereocenters. The van der Waals surface area contributed by atoms with Gasteiger partial charge in [0.15, 0.2) is 0 Å². The number of carbonyl (C=O) groups is 2. The van der Waals surface area contributed by atoms with Crippen molar-refractivity contribution in [3.63, 3.8) is 0 Å². The van der Waals surface area contributed by atoms with Crippen molar-refractivity contribution in [3.8, 4) is 11.8 Å². The van der Waals surface area contributed by atoms with Gasteiger partial charge in [0.2, 0.25) is 0 Å². The quantitative estimate of drug-likeness (QED) is 0.835. The lowest BCUT2D eigenvalue weighted by Gasteiger charge is -2.16. The van der Waals surface area contributed by atoms with E-state index < -0.39 is 11.9 Å². The number of Topliss-reactive ketones (excluding diaryl/α,β-unsaturated/α-hetero) is 1. The van der Waals surface area contributed by atoms with Crippen LogP contribution in [0.2, 0.25) is 0 Å². The highest BCUT2D eigenvalue weighted by atomic mass is 16.5. The van der Waals surface area contributed by atoms with E-state index in [1.165, 1.54) is 0 Å². The number of nitriles is 1. The van der Waals surface area contributed by atoms with Crippen molar-refractivity contribution in [2.45, 2.75) is 38.0 Å². The van der Waals surface area contributed by atoms with Crippen LogP contribution in [0.25, 0.3) is 0 Å². The summed E-state index contributed by atoms with van der Waals surface area (Å²) < 4.78 is 5.13. The molecule has 0 amide bonds. The summed E-state index contributed by atoms with van der Waals surface area (Å²) in [5.41, 5.74) is 1.00. The molecule has 1 fully saturated rings. The van der Waals surface area contributed by atoms with Crippen LogP contribution in [0.3, 0.4) is 0 Å². The molecule has 0 radical (unpaired) electrons. The average Bonchev–Trinajstić information content (AvgIpc) is 2.98. The van der Waals surface area contributed by atoms with E-state index in [-0.39, 0.29) is 24.0 Å². The number of carboxylic acids is 1. The molecule has 122 valence electrons. The number of benzene rings is 1. The van der Waals surface area contributed by atoms with Crippen molar-refractivity contribution in [1.82, 2.24) is 0 Å². The Morgan fingerprint density at radius 3 is 2.57 bits per heavy atom. The molecule has 23 heavy (non-hydrogen) atoms. The van der Waals surface area contributed by atoms with E-state index in [2.05, 4.69) is 0 Å². The van der Waals surface area contributed by atoms with Crippen LogP contribution in [0.5, 0.6) is 5.75 Å². The van der Waals surface area contributed by atoms with Gasteiger partial charge in [-0.3, -0.25) is 9.59 Å². The molecule has 5 heteroatoms. The molecule has 1 aliphatic carbocycles. The summed E-state index contributed by atoms with van der Waals surface area (Å²) in [6, 6.07) is 9.39. The Hall–Kier alpha value is -2.35. The molecule has 2 rings (SSSR count). The lowest BCUT2D eigenvalue weighted by molar-refractivity contribution is -0.142. The third-order valence-electron chi connectivity index (χ3n) is 4.63. The number of carboxylic acid groups (broad SMARTS) is 1. The van der Waals surface area contributed by atoms with Crippen molar-refractivity contribution in [2.75, 3.05) is 7.11 Å². The second-order valence-electron chi connectivity index (χ2n) is 6.07. The highest BCUT2D eigenvalue weighted by molar-refractivity contribution is 5.80. The van der Waals surface area contributed by atoms with Gasteiger partial charge in [0.1, 0.15) is 11.5 Å². The number of hydrogen-bond donors (Lipinski definition) is 1. The molecule has 1 aromatic carbocycles. The molecule has 1 unspecified atom stereocenters. The van der Waals surface area contributed by atoms with Crippen LogP contribution in [0.15, 0.2) is 24.3 Å². The molecule has 1 aromatic rings.